The molecule has 4 heteroatoms. The van der Waals surface area contributed by atoms with Crippen LogP contribution in [0, 0.1) is 0 Å². The molecular weight excluding hydrogens is 203 g/mol. The van der Waals surface area contributed by atoms with E-state index in [1.807, 2.05) is 27.7 Å². The van der Waals surface area contributed by atoms with Crippen LogP contribution in [0.1, 0.15) is 33.2 Å². The van der Waals surface area contributed by atoms with Crippen LogP contribution < -0.4 is 5.46 Å². The molecule has 1 N–H and O–H groups in total. The van der Waals surface area contributed by atoms with Crippen molar-refractivity contribution in [2.45, 2.75) is 38.9 Å². The number of benzene rings is 1. The van der Waals surface area contributed by atoms with Gasteiger partial charge in [0.15, 0.2) is 0 Å². The first-order valence-electron chi connectivity index (χ1n) is 7.14. The molecule has 3 nitrogen and oxygen atoms in total. The fraction of sp³-hybridized carbons (Fsp3) is 0.500. The smallest absolute Gasteiger partial charge is 0.498 e. The third-order valence-corrected chi connectivity index (χ3v) is 3.18. The molecule has 0 aliphatic carbocycles. The first kappa shape index (κ1) is 7.35. The predicted molar refractivity (Wildman–Crippen MR) is 63.8 cm³/mol. The molecule has 0 spiro atoms. The summed E-state index contributed by atoms with van der Waals surface area (Å²) in [6.07, 6.45) is 0. The van der Waals surface area contributed by atoms with Gasteiger partial charge in [-0.1, -0.05) is 18.1 Å². The van der Waals surface area contributed by atoms with Gasteiger partial charge in [0.05, 0.1) is 16.7 Å². The lowest BCUT2D eigenvalue weighted by Gasteiger charge is -2.32. The molecule has 86 valence electrons. The Hall–Kier alpha value is -0.995. The van der Waals surface area contributed by atoms with Crippen molar-refractivity contribution in [1.29, 1.82) is 0 Å². The standard InChI is InChI=1S/C12H17BO3/c1-11(2)12(3,4)16-13(15-11)9-7-5-6-8-10(9)14/h5-8,14H,1-4H3/i5D,6D,7D,8D. The summed E-state index contributed by atoms with van der Waals surface area (Å²) in [4.78, 5) is 0. The highest BCUT2D eigenvalue weighted by Crippen LogP contribution is 2.36. The third-order valence-electron chi connectivity index (χ3n) is 3.18. The molecule has 1 saturated heterocycles. The normalized spacial score (nSPS) is 25.9. The summed E-state index contributed by atoms with van der Waals surface area (Å²) < 4.78 is 42.2. The summed E-state index contributed by atoms with van der Waals surface area (Å²) in [5.74, 6) is -0.533. The number of aromatic hydroxyl groups is 1. The van der Waals surface area contributed by atoms with E-state index < -0.39 is 42.2 Å². The minimum absolute atomic E-state index is 0.0605. The predicted octanol–water partition coefficient (Wildman–Crippen LogP) is 1.69. The molecule has 0 unspecified atom stereocenters. The number of hydrogen-bond acceptors (Lipinski definition) is 3. The van der Waals surface area contributed by atoms with E-state index in [9.17, 15) is 5.11 Å². The molecule has 0 saturated carbocycles. The molecular formula is C12H17BO3. The van der Waals surface area contributed by atoms with Crippen LogP contribution in [0.15, 0.2) is 24.2 Å². The van der Waals surface area contributed by atoms with Gasteiger partial charge < -0.3 is 14.4 Å². The molecule has 0 radical (unpaired) electrons. The topological polar surface area (TPSA) is 38.7 Å². The van der Waals surface area contributed by atoms with Gasteiger partial charge in [0.2, 0.25) is 0 Å². The monoisotopic (exact) mass is 224 g/mol. The summed E-state index contributed by atoms with van der Waals surface area (Å²) >= 11 is 0. The van der Waals surface area contributed by atoms with Gasteiger partial charge in [-0.05, 0) is 33.7 Å². The Kier molecular flexibility index (Phi) is 1.61. The summed E-state index contributed by atoms with van der Waals surface area (Å²) in [7, 11) is -1.03. The van der Waals surface area contributed by atoms with Crippen LogP contribution in [0.25, 0.3) is 0 Å². The van der Waals surface area contributed by atoms with Crippen molar-refractivity contribution in [2.75, 3.05) is 0 Å². The van der Waals surface area contributed by atoms with Crippen LogP contribution in [0.4, 0.5) is 0 Å². The Labute approximate surface area is 102 Å². The van der Waals surface area contributed by atoms with E-state index >= 15 is 0 Å². The molecule has 1 aromatic carbocycles. The SMILES string of the molecule is [2H]c1c([2H])c([2H])c(B2OC(C)(C)C(C)(C)O2)c(O)c1[2H]. The fourth-order valence-electron chi connectivity index (χ4n) is 1.45. The van der Waals surface area contributed by atoms with Gasteiger partial charge >= 0.3 is 7.12 Å². The van der Waals surface area contributed by atoms with Crippen LogP contribution in [-0.2, 0) is 9.31 Å². The fourth-order valence-corrected chi connectivity index (χ4v) is 1.45. The average Bonchev–Trinajstić information content (AvgIpc) is 2.53. The molecule has 16 heavy (non-hydrogen) atoms. The van der Waals surface area contributed by atoms with Crippen LogP contribution in [0.2, 0.25) is 0 Å². The molecule has 1 aromatic rings. The van der Waals surface area contributed by atoms with Gasteiger partial charge in [-0.3, -0.25) is 0 Å². The van der Waals surface area contributed by atoms with Crippen LogP contribution >= 0.6 is 0 Å². The van der Waals surface area contributed by atoms with E-state index in [1.54, 1.807) is 0 Å². The van der Waals surface area contributed by atoms with Gasteiger partial charge in [-0.25, -0.2) is 0 Å². The number of para-hydroxylation sites is 1. The van der Waals surface area contributed by atoms with Crippen molar-refractivity contribution in [3.8, 4) is 5.75 Å². The molecule has 0 atom stereocenters. The molecule has 0 amide bonds. The first-order valence-corrected chi connectivity index (χ1v) is 5.14. The maximum Gasteiger partial charge on any atom is 0.498 e. The second-order valence-electron chi connectivity index (χ2n) is 4.85. The van der Waals surface area contributed by atoms with Crippen molar-refractivity contribution in [1.82, 2.24) is 0 Å². The van der Waals surface area contributed by atoms with Gasteiger partial charge in [-0.15, -0.1) is 0 Å². The lowest BCUT2D eigenvalue weighted by atomic mass is 9.78. The number of hydrogen-bond donors (Lipinski definition) is 1. The van der Waals surface area contributed by atoms with E-state index in [0.717, 1.165) is 0 Å². The Bertz CT molecular complexity index is 529. The molecule has 0 bridgehead atoms. The van der Waals surface area contributed by atoms with Crippen molar-refractivity contribution >= 4 is 12.6 Å². The molecule has 1 aliphatic heterocycles. The van der Waals surface area contributed by atoms with Gasteiger partial charge in [0.25, 0.3) is 0 Å². The zero-order valence-corrected chi connectivity index (χ0v) is 9.84. The van der Waals surface area contributed by atoms with Crippen LogP contribution in [0.3, 0.4) is 0 Å². The van der Waals surface area contributed by atoms with Gasteiger partial charge in [-0.2, -0.15) is 0 Å². The van der Waals surface area contributed by atoms with Crippen molar-refractivity contribution in [2.24, 2.45) is 0 Å². The maximum atomic E-state index is 10.0. The van der Waals surface area contributed by atoms with E-state index in [2.05, 4.69) is 0 Å². The van der Waals surface area contributed by atoms with Crippen molar-refractivity contribution in [3.63, 3.8) is 0 Å². The van der Waals surface area contributed by atoms with Crippen molar-refractivity contribution < 1.29 is 19.9 Å². The lowest BCUT2D eigenvalue weighted by molar-refractivity contribution is 0.00578. The number of phenols is 1. The Balaban J connectivity index is 2.57. The second kappa shape index (κ2) is 3.50. The van der Waals surface area contributed by atoms with Crippen molar-refractivity contribution in [3.05, 3.63) is 24.2 Å². The molecule has 1 fully saturated rings. The van der Waals surface area contributed by atoms with E-state index in [1.165, 1.54) is 0 Å². The van der Waals surface area contributed by atoms with E-state index in [0.29, 0.717) is 0 Å². The largest absolute Gasteiger partial charge is 0.508 e. The van der Waals surface area contributed by atoms with E-state index in [4.69, 9.17) is 14.8 Å². The minimum atomic E-state index is -1.03. The summed E-state index contributed by atoms with van der Waals surface area (Å²) in [6.45, 7) is 7.32. The van der Waals surface area contributed by atoms with Gasteiger partial charge in [0, 0.05) is 5.46 Å². The zero-order valence-electron chi connectivity index (χ0n) is 13.8. The zero-order chi connectivity index (χ0) is 15.5. The lowest BCUT2D eigenvalue weighted by Crippen LogP contribution is -2.41. The number of rotatable bonds is 1. The highest BCUT2D eigenvalue weighted by molar-refractivity contribution is 6.63. The maximum absolute atomic E-state index is 10.0. The number of phenolic OH excluding ortho intramolecular Hbond substituents is 1. The quantitative estimate of drug-likeness (QED) is 0.737. The Morgan fingerprint density at radius 3 is 2.19 bits per heavy atom. The summed E-state index contributed by atoms with van der Waals surface area (Å²) in [5, 5.41) is 10.0. The minimum Gasteiger partial charge on any atom is -0.508 e. The molecule has 1 heterocycles. The second-order valence-corrected chi connectivity index (χ2v) is 4.85. The third kappa shape index (κ3) is 1.72. The molecule has 1 aliphatic rings. The van der Waals surface area contributed by atoms with E-state index in [-0.39, 0.29) is 11.5 Å². The first-order chi connectivity index (χ1) is 8.99. The molecule has 0 aromatic heterocycles. The van der Waals surface area contributed by atoms with Crippen LogP contribution in [-0.4, -0.2) is 23.4 Å². The Morgan fingerprint density at radius 2 is 1.62 bits per heavy atom. The average molecular weight is 224 g/mol. The summed E-state index contributed by atoms with van der Waals surface area (Å²) in [6, 6.07) is -1.73. The summed E-state index contributed by atoms with van der Waals surface area (Å²) in [5.41, 5.74) is -1.36. The highest BCUT2D eigenvalue weighted by atomic mass is 16.7. The molecule has 2 rings (SSSR count). The van der Waals surface area contributed by atoms with Gasteiger partial charge in [0.1, 0.15) is 5.75 Å². The highest BCUT2D eigenvalue weighted by Gasteiger charge is 2.52. The van der Waals surface area contributed by atoms with Crippen LogP contribution in [0.5, 0.6) is 5.75 Å². The Morgan fingerprint density at radius 1 is 1.12 bits per heavy atom.